The molecule has 2 nitrogen and oxygen atoms in total. The zero-order chi connectivity index (χ0) is 8.85. The fourth-order valence-electron chi connectivity index (χ4n) is 0.762. The van der Waals surface area contributed by atoms with E-state index in [-0.39, 0.29) is 0 Å². The second-order valence-electron chi connectivity index (χ2n) is 2.58. The lowest BCUT2D eigenvalue weighted by Gasteiger charge is -2.21. The summed E-state index contributed by atoms with van der Waals surface area (Å²) in [5.74, 6) is 0. The van der Waals surface area contributed by atoms with E-state index in [2.05, 4.69) is 5.32 Å². The first-order valence-corrected chi connectivity index (χ1v) is 3.75. The van der Waals surface area contributed by atoms with Gasteiger partial charge in [0.05, 0.1) is 6.04 Å². The summed E-state index contributed by atoms with van der Waals surface area (Å²) in [6.07, 6.45) is -2.28. The van der Waals surface area contributed by atoms with Crippen LogP contribution in [0.15, 0.2) is 0 Å². The molecular weight excluding hydrogens is 150 g/mol. The molecule has 68 valence electrons. The molecule has 1 N–H and O–H groups in total. The van der Waals surface area contributed by atoms with Crippen LogP contribution in [0, 0.1) is 0 Å². The van der Waals surface area contributed by atoms with E-state index in [1.54, 1.807) is 7.05 Å². The molecule has 1 atom stereocenters. The third kappa shape index (κ3) is 4.27. The molecule has 11 heavy (non-hydrogen) atoms. The third-order valence-electron chi connectivity index (χ3n) is 1.72. The van der Waals surface area contributed by atoms with E-state index in [1.807, 2.05) is 18.9 Å². The van der Waals surface area contributed by atoms with Gasteiger partial charge in [0, 0.05) is 6.54 Å². The summed E-state index contributed by atoms with van der Waals surface area (Å²) in [5.41, 5.74) is 0. The zero-order valence-electron chi connectivity index (χ0n) is 7.27. The van der Waals surface area contributed by atoms with Crippen LogP contribution >= 0.6 is 0 Å². The first-order valence-electron chi connectivity index (χ1n) is 3.75. The highest BCUT2D eigenvalue weighted by molar-refractivity contribution is 4.70. The van der Waals surface area contributed by atoms with Crippen molar-refractivity contribution in [2.24, 2.45) is 0 Å². The second kappa shape index (κ2) is 5.43. The van der Waals surface area contributed by atoms with Gasteiger partial charge in [-0.3, -0.25) is 0 Å². The Morgan fingerprint density at radius 2 is 2.00 bits per heavy atom. The van der Waals surface area contributed by atoms with E-state index in [9.17, 15) is 8.78 Å². The summed E-state index contributed by atoms with van der Waals surface area (Å²) in [4.78, 5) is 1.85. The molecule has 0 amide bonds. The first kappa shape index (κ1) is 10.8. The van der Waals surface area contributed by atoms with Crippen LogP contribution in [0.3, 0.4) is 0 Å². The van der Waals surface area contributed by atoms with Crippen LogP contribution in [0.2, 0.25) is 0 Å². The molecule has 0 spiro atoms. The Morgan fingerprint density at radius 1 is 1.45 bits per heavy atom. The number of halogens is 2. The quantitative estimate of drug-likeness (QED) is 0.649. The van der Waals surface area contributed by atoms with Gasteiger partial charge in [0.15, 0.2) is 0 Å². The number of likely N-dealkylation sites (N-methyl/N-ethyl adjacent to an activating group) is 2. The lowest BCUT2D eigenvalue weighted by atomic mass is 10.3. The van der Waals surface area contributed by atoms with Crippen molar-refractivity contribution in [1.29, 1.82) is 0 Å². The average molecular weight is 166 g/mol. The Kier molecular flexibility index (Phi) is 5.32. The van der Waals surface area contributed by atoms with Crippen molar-refractivity contribution in [2.45, 2.75) is 19.4 Å². The van der Waals surface area contributed by atoms with E-state index < -0.39 is 12.5 Å². The van der Waals surface area contributed by atoms with Crippen LogP contribution in [0.25, 0.3) is 0 Å². The van der Waals surface area contributed by atoms with Crippen LogP contribution in [0.1, 0.15) is 6.92 Å². The van der Waals surface area contributed by atoms with Gasteiger partial charge in [0.1, 0.15) is 0 Å². The van der Waals surface area contributed by atoms with E-state index in [0.717, 1.165) is 6.54 Å². The smallest absolute Gasteiger partial charge is 0.254 e. The van der Waals surface area contributed by atoms with E-state index in [4.69, 9.17) is 0 Å². The van der Waals surface area contributed by atoms with Gasteiger partial charge in [-0.25, -0.2) is 8.78 Å². The van der Waals surface area contributed by atoms with Gasteiger partial charge >= 0.3 is 0 Å². The summed E-state index contributed by atoms with van der Waals surface area (Å²) in [6.45, 7) is 3.13. The molecule has 0 aromatic heterocycles. The Balaban J connectivity index is 3.68. The highest BCUT2D eigenvalue weighted by Crippen LogP contribution is 2.01. The predicted molar refractivity (Wildman–Crippen MR) is 42.0 cm³/mol. The summed E-state index contributed by atoms with van der Waals surface area (Å²) < 4.78 is 24.2. The number of hydrogen-bond acceptors (Lipinski definition) is 2. The van der Waals surface area contributed by atoms with E-state index >= 15 is 0 Å². The van der Waals surface area contributed by atoms with Gasteiger partial charge in [-0.1, -0.05) is 6.92 Å². The molecule has 0 aromatic rings. The molecule has 0 radical (unpaired) electrons. The molecule has 0 heterocycles. The summed E-state index contributed by atoms with van der Waals surface area (Å²) in [6, 6.07) is -0.708. The van der Waals surface area contributed by atoms with Gasteiger partial charge in [0.25, 0.3) is 6.43 Å². The van der Waals surface area contributed by atoms with E-state index in [1.165, 1.54) is 0 Å². The number of alkyl halides is 2. The van der Waals surface area contributed by atoms with Gasteiger partial charge in [0.2, 0.25) is 0 Å². The standard InChI is InChI=1S/C7H16F2N2/c1-4-11(3)5-6(10-2)7(8)9/h6-7,10H,4-5H2,1-3H3/t6-/m1/s1. The van der Waals surface area contributed by atoms with Crippen LogP contribution in [0.5, 0.6) is 0 Å². The molecule has 0 aromatic carbocycles. The normalized spacial score (nSPS) is 14.5. The van der Waals surface area contributed by atoms with Gasteiger partial charge in [-0.15, -0.1) is 0 Å². The Bertz CT molecular complexity index is 98.4. The topological polar surface area (TPSA) is 15.3 Å². The van der Waals surface area contributed by atoms with Crippen LogP contribution < -0.4 is 5.32 Å². The highest BCUT2D eigenvalue weighted by Gasteiger charge is 2.18. The fraction of sp³-hybridized carbons (Fsp3) is 1.00. The van der Waals surface area contributed by atoms with Crippen LogP contribution in [-0.2, 0) is 0 Å². The third-order valence-corrected chi connectivity index (χ3v) is 1.72. The summed E-state index contributed by atoms with van der Waals surface area (Å²) in [5, 5.41) is 2.58. The molecule has 0 fully saturated rings. The van der Waals surface area contributed by atoms with Crippen molar-refractivity contribution in [3.63, 3.8) is 0 Å². The molecule has 0 aliphatic rings. The monoisotopic (exact) mass is 166 g/mol. The maximum absolute atomic E-state index is 12.1. The average Bonchev–Trinajstić information content (AvgIpc) is 1.99. The lowest BCUT2D eigenvalue weighted by Crippen LogP contribution is -2.42. The number of nitrogens with one attached hydrogen (secondary N) is 1. The van der Waals surface area contributed by atoms with Gasteiger partial charge in [-0.05, 0) is 20.6 Å². The van der Waals surface area contributed by atoms with Crippen molar-refractivity contribution in [3.8, 4) is 0 Å². The van der Waals surface area contributed by atoms with Crippen molar-refractivity contribution in [1.82, 2.24) is 10.2 Å². The van der Waals surface area contributed by atoms with Gasteiger partial charge in [-0.2, -0.15) is 0 Å². The molecule has 0 rings (SSSR count). The summed E-state index contributed by atoms with van der Waals surface area (Å²) >= 11 is 0. The molecular formula is C7H16F2N2. The Morgan fingerprint density at radius 3 is 2.27 bits per heavy atom. The molecule has 0 saturated carbocycles. The first-order chi connectivity index (χ1) is 5.11. The molecule has 0 bridgehead atoms. The van der Waals surface area contributed by atoms with E-state index in [0.29, 0.717) is 6.54 Å². The number of hydrogen-bond donors (Lipinski definition) is 1. The van der Waals surface area contributed by atoms with Crippen molar-refractivity contribution in [2.75, 3.05) is 27.2 Å². The predicted octanol–water partition coefficient (Wildman–Crippen LogP) is 0.791. The van der Waals surface area contributed by atoms with Crippen LogP contribution in [0.4, 0.5) is 8.78 Å². The molecule has 0 saturated heterocycles. The Hall–Kier alpha value is -0.220. The SMILES string of the molecule is CCN(C)C[C@@H](NC)C(F)F. The minimum absolute atomic E-state index is 0.394. The second-order valence-corrected chi connectivity index (χ2v) is 2.58. The summed E-state index contributed by atoms with van der Waals surface area (Å²) in [7, 11) is 3.38. The zero-order valence-corrected chi connectivity index (χ0v) is 7.27. The maximum Gasteiger partial charge on any atom is 0.254 e. The largest absolute Gasteiger partial charge is 0.311 e. The van der Waals surface area contributed by atoms with Crippen LogP contribution in [-0.4, -0.2) is 44.6 Å². The molecule has 4 heteroatoms. The van der Waals surface area contributed by atoms with Crippen molar-refractivity contribution < 1.29 is 8.78 Å². The minimum Gasteiger partial charge on any atom is -0.311 e. The minimum atomic E-state index is -2.28. The van der Waals surface area contributed by atoms with Crippen molar-refractivity contribution in [3.05, 3.63) is 0 Å². The molecule has 0 aliphatic carbocycles. The Labute approximate surface area is 66.6 Å². The lowest BCUT2D eigenvalue weighted by molar-refractivity contribution is 0.0849. The highest BCUT2D eigenvalue weighted by atomic mass is 19.3. The van der Waals surface area contributed by atoms with Gasteiger partial charge < -0.3 is 10.2 Å². The maximum atomic E-state index is 12.1. The fourth-order valence-corrected chi connectivity index (χ4v) is 0.762. The molecule has 0 aliphatic heterocycles. The molecule has 0 unspecified atom stereocenters. The number of nitrogens with zero attached hydrogens (tertiary/aromatic N) is 1. The number of rotatable bonds is 5. The van der Waals surface area contributed by atoms with Crippen molar-refractivity contribution >= 4 is 0 Å².